The minimum Gasteiger partial charge on any atom is -0.491 e. The minimum absolute atomic E-state index is 0.360. The Morgan fingerprint density at radius 1 is 1.07 bits per heavy atom. The van der Waals surface area contributed by atoms with Crippen molar-refractivity contribution in [3.05, 3.63) is 29.8 Å². The van der Waals surface area contributed by atoms with Crippen molar-refractivity contribution in [1.29, 1.82) is 0 Å². The van der Waals surface area contributed by atoms with Crippen LogP contribution in [0.4, 0.5) is 0 Å². The number of aliphatic hydroxyl groups is 1. The predicted octanol–water partition coefficient (Wildman–Crippen LogP) is 2.69. The Morgan fingerprint density at radius 2 is 1.81 bits per heavy atom. The Bertz CT molecular complexity index is 516. The van der Waals surface area contributed by atoms with Gasteiger partial charge in [-0.3, -0.25) is 0 Å². The molecular formula is C22H39N3O2. The molecule has 1 atom stereocenters. The first kappa shape index (κ1) is 22.2. The van der Waals surface area contributed by atoms with Gasteiger partial charge in [0, 0.05) is 13.1 Å². The van der Waals surface area contributed by atoms with Crippen LogP contribution in [0.15, 0.2) is 24.3 Å². The molecule has 0 unspecified atom stereocenters. The molecule has 0 spiro atoms. The second-order valence-corrected chi connectivity index (χ2v) is 8.22. The highest BCUT2D eigenvalue weighted by atomic mass is 16.5. The van der Waals surface area contributed by atoms with E-state index in [2.05, 4.69) is 48.0 Å². The third kappa shape index (κ3) is 9.56. The highest BCUT2D eigenvalue weighted by Crippen LogP contribution is 2.16. The molecule has 1 aromatic carbocycles. The lowest BCUT2D eigenvalue weighted by molar-refractivity contribution is 0.0693. The van der Waals surface area contributed by atoms with Gasteiger partial charge in [-0.1, -0.05) is 25.0 Å². The summed E-state index contributed by atoms with van der Waals surface area (Å²) in [6.07, 6.45) is 5.87. The lowest BCUT2D eigenvalue weighted by atomic mass is 10.2. The van der Waals surface area contributed by atoms with E-state index in [-0.39, 0.29) is 0 Å². The van der Waals surface area contributed by atoms with E-state index in [9.17, 15) is 5.11 Å². The van der Waals surface area contributed by atoms with Crippen molar-refractivity contribution in [2.75, 3.05) is 60.5 Å². The van der Waals surface area contributed by atoms with Gasteiger partial charge in [-0.25, -0.2) is 0 Å². The fourth-order valence-electron chi connectivity index (χ4n) is 3.64. The van der Waals surface area contributed by atoms with E-state index in [0.29, 0.717) is 13.2 Å². The third-order valence-corrected chi connectivity index (χ3v) is 5.11. The predicted molar refractivity (Wildman–Crippen MR) is 112 cm³/mol. The molecule has 1 aliphatic heterocycles. The molecule has 1 saturated heterocycles. The number of rotatable bonds is 11. The topological polar surface area (TPSA) is 39.2 Å². The van der Waals surface area contributed by atoms with Gasteiger partial charge in [-0.05, 0) is 84.3 Å². The molecule has 5 nitrogen and oxygen atoms in total. The molecule has 5 heteroatoms. The summed E-state index contributed by atoms with van der Waals surface area (Å²) in [6, 6.07) is 8.26. The van der Waals surface area contributed by atoms with E-state index in [1.165, 1.54) is 37.7 Å². The normalized spacial score (nSPS) is 17.3. The largest absolute Gasteiger partial charge is 0.491 e. The van der Waals surface area contributed by atoms with Crippen molar-refractivity contribution in [3.8, 4) is 5.75 Å². The van der Waals surface area contributed by atoms with Crippen LogP contribution in [0.1, 0.15) is 37.7 Å². The van der Waals surface area contributed by atoms with Crippen molar-refractivity contribution < 1.29 is 9.84 Å². The second kappa shape index (κ2) is 12.3. The first-order chi connectivity index (χ1) is 13.0. The maximum Gasteiger partial charge on any atom is 0.119 e. The highest BCUT2D eigenvalue weighted by Gasteiger charge is 2.14. The molecule has 0 aliphatic carbocycles. The lowest BCUT2D eigenvalue weighted by Crippen LogP contribution is -2.36. The van der Waals surface area contributed by atoms with Crippen LogP contribution in [0.2, 0.25) is 0 Å². The molecule has 1 N–H and O–H groups in total. The molecule has 27 heavy (non-hydrogen) atoms. The summed E-state index contributed by atoms with van der Waals surface area (Å²) < 4.78 is 5.87. The number of likely N-dealkylation sites (tertiary alicyclic amines) is 1. The molecule has 1 aliphatic rings. The standard InChI is InChI=1S/C22H39N3O2/c1-23(2)12-9-13-24(3)17-20-10-8-11-22(16-20)27-19-21(26)18-25-14-6-4-5-7-15-25/h8,10-11,16,21,26H,4-7,9,12-15,17-19H2,1-3H3/t21-/m1/s1. The SMILES string of the molecule is CN(C)CCCN(C)Cc1cccc(OC[C@H](O)CN2CCCCCC2)c1. The molecule has 1 heterocycles. The summed E-state index contributed by atoms with van der Waals surface area (Å²) in [7, 11) is 6.39. The van der Waals surface area contributed by atoms with E-state index in [1.807, 2.05) is 12.1 Å². The van der Waals surface area contributed by atoms with Crippen LogP contribution in [-0.2, 0) is 6.54 Å². The van der Waals surface area contributed by atoms with Crippen LogP contribution in [0.25, 0.3) is 0 Å². The van der Waals surface area contributed by atoms with Gasteiger partial charge in [-0.15, -0.1) is 0 Å². The Balaban J connectivity index is 1.72. The Morgan fingerprint density at radius 3 is 2.52 bits per heavy atom. The fraction of sp³-hybridized carbons (Fsp3) is 0.727. The average Bonchev–Trinajstić information content (AvgIpc) is 2.88. The van der Waals surface area contributed by atoms with Crippen LogP contribution >= 0.6 is 0 Å². The van der Waals surface area contributed by atoms with Gasteiger partial charge in [0.1, 0.15) is 18.5 Å². The van der Waals surface area contributed by atoms with Crippen LogP contribution in [0.5, 0.6) is 5.75 Å². The molecule has 0 saturated carbocycles. The summed E-state index contributed by atoms with van der Waals surface area (Å²) in [5, 5.41) is 10.3. The Labute approximate surface area is 165 Å². The Kier molecular flexibility index (Phi) is 10.1. The number of β-amino-alcohol motifs (C(OH)–C–C–N with tert-alkyl or cyclic N) is 1. The van der Waals surface area contributed by atoms with Crippen molar-refractivity contribution in [2.45, 2.75) is 44.8 Å². The molecule has 2 rings (SSSR count). The number of hydrogen-bond donors (Lipinski definition) is 1. The van der Waals surface area contributed by atoms with Gasteiger partial charge in [-0.2, -0.15) is 0 Å². The van der Waals surface area contributed by atoms with Crippen LogP contribution < -0.4 is 4.74 Å². The van der Waals surface area contributed by atoms with Crippen molar-refractivity contribution in [3.63, 3.8) is 0 Å². The summed E-state index contributed by atoms with van der Waals surface area (Å²) in [5.41, 5.74) is 1.25. The van der Waals surface area contributed by atoms with E-state index in [0.717, 1.165) is 38.5 Å². The smallest absolute Gasteiger partial charge is 0.119 e. The molecule has 1 aromatic rings. The van der Waals surface area contributed by atoms with Crippen LogP contribution in [0.3, 0.4) is 0 Å². The quantitative estimate of drug-likeness (QED) is 0.642. The molecule has 154 valence electrons. The molecular weight excluding hydrogens is 338 g/mol. The van der Waals surface area contributed by atoms with Crippen LogP contribution in [0, 0.1) is 0 Å². The lowest BCUT2D eigenvalue weighted by Gasteiger charge is -2.23. The number of ether oxygens (including phenoxy) is 1. The molecule has 0 bridgehead atoms. The zero-order valence-electron chi connectivity index (χ0n) is 17.6. The van der Waals surface area contributed by atoms with Gasteiger partial charge >= 0.3 is 0 Å². The van der Waals surface area contributed by atoms with Crippen LogP contribution in [-0.4, -0.2) is 86.4 Å². The van der Waals surface area contributed by atoms with Gasteiger partial charge in [0.05, 0.1) is 0 Å². The second-order valence-electron chi connectivity index (χ2n) is 8.22. The van der Waals surface area contributed by atoms with E-state index < -0.39 is 6.10 Å². The number of aliphatic hydroxyl groups excluding tert-OH is 1. The maximum atomic E-state index is 10.3. The number of hydrogen-bond acceptors (Lipinski definition) is 5. The minimum atomic E-state index is -0.430. The first-order valence-electron chi connectivity index (χ1n) is 10.5. The zero-order chi connectivity index (χ0) is 19.5. The van der Waals surface area contributed by atoms with Crippen molar-refractivity contribution in [2.24, 2.45) is 0 Å². The van der Waals surface area contributed by atoms with Crippen molar-refractivity contribution in [1.82, 2.24) is 14.7 Å². The monoisotopic (exact) mass is 377 g/mol. The zero-order valence-corrected chi connectivity index (χ0v) is 17.6. The van der Waals surface area contributed by atoms with Gasteiger partial charge in [0.2, 0.25) is 0 Å². The fourth-order valence-corrected chi connectivity index (χ4v) is 3.64. The van der Waals surface area contributed by atoms with E-state index >= 15 is 0 Å². The highest BCUT2D eigenvalue weighted by molar-refractivity contribution is 5.28. The van der Waals surface area contributed by atoms with Gasteiger partial charge < -0.3 is 24.5 Å². The van der Waals surface area contributed by atoms with E-state index in [1.54, 1.807) is 0 Å². The van der Waals surface area contributed by atoms with Gasteiger partial charge in [0.15, 0.2) is 0 Å². The average molecular weight is 378 g/mol. The third-order valence-electron chi connectivity index (χ3n) is 5.11. The number of nitrogens with zero attached hydrogens (tertiary/aromatic N) is 3. The van der Waals surface area contributed by atoms with Gasteiger partial charge in [0.25, 0.3) is 0 Å². The summed E-state index contributed by atoms with van der Waals surface area (Å²) in [5.74, 6) is 0.851. The summed E-state index contributed by atoms with van der Waals surface area (Å²) in [4.78, 5) is 6.94. The Hall–Kier alpha value is -1.14. The maximum absolute atomic E-state index is 10.3. The molecule has 0 aromatic heterocycles. The molecule has 1 fully saturated rings. The molecule has 0 radical (unpaired) electrons. The summed E-state index contributed by atoms with van der Waals surface area (Å²) >= 11 is 0. The number of benzene rings is 1. The van der Waals surface area contributed by atoms with E-state index in [4.69, 9.17) is 4.74 Å². The first-order valence-corrected chi connectivity index (χ1v) is 10.5. The molecule has 0 amide bonds. The summed E-state index contributed by atoms with van der Waals surface area (Å²) in [6.45, 7) is 6.40. The van der Waals surface area contributed by atoms with Crippen molar-refractivity contribution >= 4 is 0 Å².